The lowest BCUT2D eigenvalue weighted by Gasteiger charge is -2.39. The number of ether oxygens (including phenoxy) is 3. The molecule has 0 aliphatic heterocycles. The van der Waals surface area contributed by atoms with E-state index in [2.05, 4.69) is 33.9 Å². The molecule has 0 aliphatic carbocycles. The third-order valence-corrected chi connectivity index (χ3v) is 11.3. The highest BCUT2D eigenvalue weighted by molar-refractivity contribution is 6.74. The first-order chi connectivity index (χ1) is 17.0. The Morgan fingerprint density at radius 1 is 1.05 bits per heavy atom. The number of esters is 1. The van der Waals surface area contributed by atoms with Gasteiger partial charge < -0.3 is 18.6 Å². The van der Waals surface area contributed by atoms with Crippen LogP contribution in [-0.4, -0.2) is 40.2 Å². The van der Waals surface area contributed by atoms with Crippen LogP contribution in [0.5, 0.6) is 5.75 Å². The van der Waals surface area contributed by atoms with Gasteiger partial charge >= 0.3 is 5.97 Å². The van der Waals surface area contributed by atoms with Gasteiger partial charge in [-0.1, -0.05) is 52.0 Å². The standard InChI is InChI=1S/C30H49FO5Si/c1-22(23(2)36-37(10,11)30(6,7)8)20-26(31)27(14-12-13-19-34-28(32)29(3,4)5)35-21-24-15-17-25(33-9)18-16-24/h12,14-18,20,22-23,27H,13,19,21H2,1-11H3/b14-12-,26-20+/t22-,23?,27+/m1/s1. The molecule has 0 heterocycles. The van der Waals surface area contributed by atoms with Crippen LogP contribution in [0.3, 0.4) is 0 Å². The summed E-state index contributed by atoms with van der Waals surface area (Å²) < 4.78 is 38.4. The quantitative estimate of drug-likeness (QED) is 0.111. The van der Waals surface area contributed by atoms with Crippen molar-refractivity contribution < 1.29 is 27.8 Å². The van der Waals surface area contributed by atoms with E-state index in [0.717, 1.165) is 11.3 Å². The Bertz CT molecular complexity index is 894. The lowest BCUT2D eigenvalue weighted by atomic mass is 9.97. The molecule has 7 heteroatoms. The highest BCUT2D eigenvalue weighted by atomic mass is 28.4. The summed E-state index contributed by atoms with van der Waals surface area (Å²) in [7, 11) is -0.365. The van der Waals surface area contributed by atoms with Gasteiger partial charge in [-0.05, 0) is 76.0 Å². The second-order valence-corrected chi connectivity index (χ2v) is 16.9. The average Bonchev–Trinajstić information content (AvgIpc) is 2.79. The van der Waals surface area contributed by atoms with Gasteiger partial charge in [-0.25, -0.2) is 4.39 Å². The van der Waals surface area contributed by atoms with E-state index in [9.17, 15) is 4.79 Å². The number of hydrogen-bond donors (Lipinski definition) is 0. The van der Waals surface area contributed by atoms with Crippen LogP contribution in [0.25, 0.3) is 0 Å². The van der Waals surface area contributed by atoms with Crippen LogP contribution in [0.4, 0.5) is 4.39 Å². The molecule has 5 nitrogen and oxygen atoms in total. The number of benzene rings is 1. The zero-order valence-electron chi connectivity index (χ0n) is 24.8. The molecule has 0 spiro atoms. The van der Waals surface area contributed by atoms with Gasteiger partial charge in [0.15, 0.2) is 8.32 Å². The molecule has 0 saturated carbocycles. The van der Waals surface area contributed by atoms with Crippen molar-refractivity contribution in [3.05, 3.63) is 53.9 Å². The van der Waals surface area contributed by atoms with Gasteiger partial charge in [0.2, 0.25) is 0 Å². The summed E-state index contributed by atoms with van der Waals surface area (Å²) in [5.41, 5.74) is 0.357. The topological polar surface area (TPSA) is 54.0 Å². The maximum atomic E-state index is 15.5. The third-order valence-electron chi connectivity index (χ3n) is 6.75. The Hall–Kier alpha value is -1.96. The van der Waals surface area contributed by atoms with Crippen LogP contribution in [0.1, 0.15) is 67.4 Å². The number of methoxy groups -OCH3 is 1. The average molecular weight is 537 g/mol. The van der Waals surface area contributed by atoms with Gasteiger partial charge in [0.25, 0.3) is 0 Å². The second kappa shape index (κ2) is 14.3. The van der Waals surface area contributed by atoms with Crippen molar-refractivity contribution in [2.45, 2.75) is 98.8 Å². The lowest BCUT2D eigenvalue weighted by Crippen LogP contribution is -2.44. The zero-order chi connectivity index (χ0) is 28.4. The van der Waals surface area contributed by atoms with E-state index < -0.39 is 19.8 Å². The predicted octanol–water partition coefficient (Wildman–Crippen LogP) is 8.02. The van der Waals surface area contributed by atoms with E-state index in [1.54, 1.807) is 25.3 Å². The lowest BCUT2D eigenvalue weighted by molar-refractivity contribution is -0.152. The molecule has 0 bridgehead atoms. The van der Waals surface area contributed by atoms with Gasteiger partial charge in [-0.15, -0.1) is 0 Å². The number of hydrogen-bond acceptors (Lipinski definition) is 5. The van der Waals surface area contributed by atoms with Crippen LogP contribution < -0.4 is 4.74 Å². The zero-order valence-corrected chi connectivity index (χ0v) is 25.8. The SMILES string of the molecule is COc1ccc(CO[C@@H](/C=C\CCOC(=O)C(C)(C)C)/C(F)=C\[C@@H](C)C(C)O[Si](C)(C)C(C)(C)C)cc1. The molecule has 1 aromatic carbocycles. The first-order valence-corrected chi connectivity index (χ1v) is 16.0. The van der Waals surface area contributed by atoms with E-state index in [4.69, 9.17) is 18.6 Å². The van der Waals surface area contributed by atoms with Gasteiger partial charge in [0.05, 0.1) is 25.7 Å². The van der Waals surface area contributed by atoms with Gasteiger partial charge in [-0.2, -0.15) is 0 Å². The van der Waals surface area contributed by atoms with E-state index in [0.29, 0.717) is 6.42 Å². The number of carbonyl (C=O) groups is 1. The Balaban J connectivity index is 2.94. The van der Waals surface area contributed by atoms with E-state index in [1.807, 2.05) is 58.9 Å². The molecule has 1 unspecified atom stereocenters. The highest BCUT2D eigenvalue weighted by Gasteiger charge is 2.39. The first-order valence-electron chi connectivity index (χ1n) is 13.1. The van der Waals surface area contributed by atoms with Crippen LogP contribution in [0.2, 0.25) is 18.1 Å². The fraction of sp³-hybridized carbons (Fsp3) is 0.633. The molecule has 0 aliphatic rings. The third kappa shape index (κ3) is 11.5. The molecule has 1 aromatic rings. The van der Waals surface area contributed by atoms with Gasteiger partial charge in [0, 0.05) is 12.0 Å². The van der Waals surface area contributed by atoms with Crippen molar-refractivity contribution in [2.75, 3.05) is 13.7 Å². The minimum absolute atomic E-state index is 0.0758. The Morgan fingerprint density at radius 2 is 1.65 bits per heavy atom. The monoisotopic (exact) mass is 536 g/mol. The second-order valence-electron chi connectivity index (χ2n) is 12.2. The summed E-state index contributed by atoms with van der Waals surface area (Å²) in [5.74, 6) is -0.0126. The number of halogens is 1. The molecular formula is C30H49FO5Si. The maximum absolute atomic E-state index is 15.5. The number of rotatable bonds is 13. The number of carbonyl (C=O) groups excluding carboxylic acids is 1. The molecule has 0 N–H and O–H groups in total. The summed E-state index contributed by atoms with van der Waals surface area (Å²) in [4.78, 5) is 12.0. The molecule has 37 heavy (non-hydrogen) atoms. The molecule has 210 valence electrons. The Kier molecular flexibility index (Phi) is 12.7. The van der Waals surface area contributed by atoms with E-state index in [-0.39, 0.29) is 42.1 Å². The van der Waals surface area contributed by atoms with Crippen molar-refractivity contribution >= 4 is 14.3 Å². The van der Waals surface area contributed by atoms with Gasteiger partial charge in [-0.3, -0.25) is 4.79 Å². The molecule has 0 aromatic heterocycles. The van der Waals surface area contributed by atoms with Crippen LogP contribution in [-0.2, 0) is 25.3 Å². The van der Waals surface area contributed by atoms with Crippen molar-refractivity contribution in [3.63, 3.8) is 0 Å². The highest BCUT2D eigenvalue weighted by Crippen LogP contribution is 2.38. The van der Waals surface area contributed by atoms with Crippen LogP contribution >= 0.6 is 0 Å². The Morgan fingerprint density at radius 3 is 2.16 bits per heavy atom. The fourth-order valence-corrected chi connectivity index (χ4v) is 4.52. The predicted molar refractivity (Wildman–Crippen MR) is 152 cm³/mol. The minimum Gasteiger partial charge on any atom is -0.497 e. The summed E-state index contributed by atoms with van der Waals surface area (Å²) in [6.07, 6.45) is 4.56. The van der Waals surface area contributed by atoms with Crippen molar-refractivity contribution in [1.82, 2.24) is 0 Å². The van der Waals surface area contributed by atoms with Crippen molar-refractivity contribution in [1.29, 1.82) is 0 Å². The minimum atomic E-state index is -1.98. The molecule has 0 amide bonds. The molecule has 3 atom stereocenters. The summed E-state index contributed by atoms with van der Waals surface area (Å²) in [6.45, 7) is 20.9. The summed E-state index contributed by atoms with van der Waals surface area (Å²) in [5, 5.41) is 0.0758. The smallest absolute Gasteiger partial charge is 0.311 e. The normalized spacial score (nSPS) is 15.9. The maximum Gasteiger partial charge on any atom is 0.311 e. The fourth-order valence-electron chi connectivity index (χ4n) is 3.02. The van der Waals surface area contributed by atoms with Crippen LogP contribution in [0.15, 0.2) is 48.3 Å². The molecule has 1 rings (SSSR count). The molecule has 0 saturated heterocycles. The Labute approximate surface area is 225 Å². The van der Waals surface area contributed by atoms with E-state index >= 15 is 4.39 Å². The molecular weight excluding hydrogens is 487 g/mol. The summed E-state index contributed by atoms with van der Waals surface area (Å²) in [6, 6.07) is 7.48. The molecule has 0 radical (unpaired) electrons. The van der Waals surface area contributed by atoms with Gasteiger partial charge in [0.1, 0.15) is 17.7 Å². The first kappa shape index (κ1) is 33.1. The van der Waals surface area contributed by atoms with Crippen molar-refractivity contribution in [3.8, 4) is 5.75 Å². The largest absolute Gasteiger partial charge is 0.497 e. The van der Waals surface area contributed by atoms with E-state index in [1.165, 1.54) is 0 Å². The summed E-state index contributed by atoms with van der Waals surface area (Å²) >= 11 is 0. The van der Waals surface area contributed by atoms with Crippen LogP contribution in [0, 0.1) is 11.3 Å². The van der Waals surface area contributed by atoms with Crippen molar-refractivity contribution in [2.24, 2.45) is 11.3 Å². The molecule has 0 fully saturated rings.